The van der Waals surface area contributed by atoms with E-state index in [9.17, 15) is 0 Å². The standard InChI is InChI=1S/C21H20N2O/c1-13-4-6-15(7-5-13)17-10-11-20-21(14(2)22-23-20)19-12-16(24-3)8-9-18(17)19/h4-10,12H,11H2,1-3H3,(H,22,23). The topological polar surface area (TPSA) is 37.9 Å². The molecule has 0 saturated carbocycles. The summed E-state index contributed by atoms with van der Waals surface area (Å²) in [5, 5.41) is 7.63. The fourth-order valence-corrected chi connectivity index (χ4v) is 3.39. The van der Waals surface area contributed by atoms with E-state index in [2.05, 4.69) is 66.5 Å². The van der Waals surface area contributed by atoms with Crippen molar-refractivity contribution >= 4 is 5.57 Å². The van der Waals surface area contributed by atoms with Crippen molar-refractivity contribution in [1.29, 1.82) is 0 Å². The summed E-state index contributed by atoms with van der Waals surface area (Å²) in [5.41, 5.74) is 9.54. The summed E-state index contributed by atoms with van der Waals surface area (Å²) >= 11 is 0. The lowest BCUT2D eigenvalue weighted by Gasteiger charge is -2.14. The maximum absolute atomic E-state index is 5.46. The number of ether oxygens (including phenoxy) is 1. The highest BCUT2D eigenvalue weighted by atomic mass is 16.5. The van der Waals surface area contributed by atoms with Gasteiger partial charge in [-0.3, -0.25) is 5.10 Å². The number of hydrogen-bond acceptors (Lipinski definition) is 2. The third kappa shape index (κ3) is 2.33. The fraction of sp³-hybridized carbons (Fsp3) is 0.190. The molecule has 1 aromatic heterocycles. The van der Waals surface area contributed by atoms with Gasteiger partial charge in [0, 0.05) is 17.7 Å². The second-order valence-electron chi connectivity index (χ2n) is 6.27. The van der Waals surface area contributed by atoms with Crippen LogP contribution < -0.4 is 4.74 Å². The maximum Gasteiger partial charge on any atom is 0.119 e. The van der Waals surface area contributed by atoms with Crippen LogP contribution in [0.3, 0.4) is 0 Å². The third-order valence-electron chi connectivity index (χ3n) is 4.67. The second-order valence-corrected chi connectivity index (χ2v) is 6.27. The van der Waals surface area contributed by atoms with Crippen molar-refractivity contribution in [3.05, 3.63) is 76.6 Å². The highest BCUT2D eigenvalue weighted by Crippen LogP contribution is 2.40. The number of rotatable bonds is 2. The molecule has 3 heteroatoms. The van der Waals surface area contributed by atoms with Gasteiger partial charge in [-0.05, 0) is 48.2 Å². The molecule has 3 nitrogen and oxygen atoms in total. The number of nitrogens with zero attached hydrogens (tertiary/aromatic N) is 1. The fourth-order valence-electron chi connectivity index (χ4n) is 3.39. The Bertz CT molecular complexity index is 933. The zero-order valence-corrected chi connectivity index (χ0v) is 14.2. The predicted octanol–water partition coefficient (Wildman–Crippen LogP) is 4.69. The molecule has 0 atom stereocenters. The van der Waals surface area contributed by atoms with E-state index >= 15 is 0 Å². The Hall–Kier alpha value is -2.81. The molecule has 1 aliphatic rings. The number of aryl methyl sites for hydroxylation is 2. The van der Waals surface area contributed by atoms with Crippen LogP contribution in [0.15, 0.2) is 48.5 Å². The van der Waals surface area contributed by atoms with E-state index in [0.717, 1.165) is 23.6 Å². The first-order chi connectivity index (χ1) is 11.7. The highest BCUT2D eigenvalue weighted by Gasteiger charge is 2.21. The molecular weight excluding hydrogens is 296 g/mol. The van der Waals surface area contributed by atoms with Crippen molar-refractivity contribution in [2.45, 2.75) is 20.3 Å². The monoisotopic (exact) mass is 316 g/mol. The second kappa shape index (κ2) is 5.68. The minimum absolute atomic E-state index is 0.819. The molecule has 24 heavy (non-hydrogen) atoms. The molecule has 0 aliphatic heterocycles. The highest BCUT2D eigenvalue weighted by molar-refractivity contribution is 5.92. The Morgan fingerprint density at radius 1 is 1.00 bits per heavy atom. The maximum atomic E-state index is 5.46. The van der Waals surface area contributed by atoms with Gasteiger partial charge in [-0.15, -0.1) is 0 Å². The van der Waals surface area contributed by atoms with E-state index in [4.69, 9.17) is 4.74 Å². The quantitative estimate of drug-likeness (QED) is 0.745. The Kier molecular flexibility index (Phi) is 3.49. The first kappa shape index (κ1) is 14.8. The predicted molar refractivity (Wildman–Crippen MR) is 97.3 cm³/mol. The van der Waals surface area contributed by atoms with E-state index in [-0.39, 0.29) is 0 Å². The van der Waals surface area contributed by atoms with Gasteiger partial charge in [-0.1, -0.05) is 42.0 Å². The van der Waals surface area contributed by atoms with E-state index in [1.807, 2.05) is 6.07 Å². The van der Waals surface area contributed by atoms with Gasteiger partial charge in [-0.25, -0.2) is 0 Å². The Balaban J connectivity index is 1.96. The summed E-state index contributed by atoms with van der Waals surface area (Å²) in [7, 11) is 1.71. The Morgan fingerprint density at radius 2 is 1.79 bits per heavy atom. The Labute approximate surface area is 142 Å². The van der Waals surface area contributed by atoms with Gasteiger partial charge < -0.3 is 4.74 Å². The van der Waals surface area contributed by atoms with Crippen molar-refractivity contribution in [3.8, 4) is 16.9 Å². The number of aromatic amines is 1. The molecule has 1 N–H and O–H groups in total. The summed E-state index contributed by atoms with van der Waals surface area (Å²) in [6, 6.07) is 15.0. The third-order valence-corrected chi connectivity index (χ3v) is 4.67. The number of H-pyrrole nitrogens is 1. The van der Waals surface area contributed by atoms with E-state index in [0.29, 0.717) is 0 Å². The zero-order chi connectivity index (χ0) is 16.7. The van der Waals surface area contributed by atoms with Crippen LogP contribution in [0.25, 0.3) is 16.7 Å². The molecule has 1 aliphatic carbocycles. The minimum atomic E-state index is 0.819. The number of aromatic nitrogens is 2. The van der Waals surface area contributed by atoms with Crippen molar-refractivity contribution in [1.82, 2.24) is 10.2 Å². The van der Waals surface area contributed by atoms with Crippen molar-refractivity contribution in [2.24, 2.45) is 0 Å². The van der Waals surface area contributed by atoms with Crippen LogP contribution in [0.4, 0.5) is 0 Å². The summed E-state index contributed by atoms with van der Waals surface area (Å²) in [5.74, 6) is 0.866. The average molecular weight is 316 g/mol. The molecule has 0 spiro atoms. The number of fused-ring (bicyclic) bond motifs is 3. The lowest BCUT2D eigenvalue weighted by atomic mass is 9.91. The largest absolute Gasteiger partial charge is 0.497 e. The van der Waals surface area contributed by atoms with Crippen LogP contribution in [0.1, 0.15) is 28.1 Å². The average Bonchev–Trinajstić information content (AvgIpc) is 2.88. The molecule has 0 bridgehead atoms. The van der Waals surface area contributed by atoms with Crippen LogP contribution in [0.2, 0.25) is 0 Å². The molecule has 0 radical (unpaired) electrons. The van der Waals surface area contributed by atoms with Crippen molar-refractivity contribution < 1.29 is 4.74 Å². The molecule has 0 saturated heterocycles. The molecule has 0 amide bonds. The molecular formula is C21H20N2O. The SMILES string of the molecule is COc1ccc2c(c1)-c1c(n[nH]c1C)CC=C2c1ccc(C)cc1. The number of allylic oxidation sites excluding steroid dienone is 1. The molecule has 4 rings (SSSR count). The number of methoxy groups -OCH3 is 1. The van der Waals surface area contributed by atoms with Gasteiger partial charge in [0.2, 0.25) is 0 Å². The first-order valence-electron chi connectivity index (χ1n) is 8.17. The number of benzene rings is 2. The minimum Gasteiger partial charge on any atom is -0.497 e. The van der Waals surface area contributed by atoms with Gasteiger partial charge in [0.25, 0.3) is 0 Å². The summed E-state index contributed by atoms with van der Waals surface area (Å²) < 4.78 is 5.46. The lowest BCUT2D eigenvalue weighted by Crippen LogP contribution is -1.93. The molecule has 120 valence electrons. The normalized spacial score (nSPS) is 12.9. The zero-order valence-electron chi connectivity index (χ0n) is 14.2. The van der Waals surface area contributed by atoms with Gasteiger partial charge >= 0.3 is 0 Å². The van der Waals surface area contributed by atoms with E-state index < -0.39 is 0 Å². The molecule has 0 unspecified atom stereocenters. The number of hydrogen-bond donors (Lipinski definition) is 1. The van der Waals surface area contributed by atoms with Crippen LogP contribution in [-0.2, 0) is 6.42 Å². The smallest absolute Gasteiger partial charge is 0.119 e. The van der Waals surface area contributed by atoms with Gasteiger partial charge in [0.05, 0.1) is 12.8 Å². The molecule has 3 aromatic rings. The van der Waals surface area contributed by atoms with Gasteiger partial charge in [-0.2, -0.15) is 5.10 Å². The first-order valence-corrected chi connectivity index (χ1v) is 8.17. The van der Waals surface area contributed by atoms with Crippen molar-refractivity contribution in [2.75, 3.05) is 7.11 Å². The van der Waals surface area contributed by atoms with E-state index in [1.165, 1.54) is 33.4 Å². The molecule has 1 heterocycles. The summed E-state index contributed by atoms with van der Waals surface area (Å²) in [6.07, 6.45) is 3.10. The van der Waals surface area contributed by atoms with Gasteiger partial charge in [0.1, 0.15) is 5.75 Å². The lowest BCUT2D eigenvalue weighted by molar-refractivity contribution is 0.415. The van der Waals surface area contributed by atoms with Crippen LogP contribution in [-0.4, -0.2) is 17.3 Å². The van der Waals surface area contributed by atoms with Crippen LogP contribution in [0, 0.1) is 13.8 Å². The molecule has 0 fully saturated rings. The number of nitrogens with one attached hydrogen (secondary N) is 1. The molecule has 2 aromatic carbocycles. The summed E-state index contributed by atoms with van der Waals surface area (Å²) in [6.45, 7) is 4.19. The summed E-state index contributed by atoms with van der Waals surface area (Å²) in [4.78, 5) is 0. The van der Waals surface area contributed by atoms with Crippen LogP contribution >= 0.6 is 0 Å². The van der Waals surface area contributed by atoms with E-state index in [1.54, 1.807) is 7.11 Å². The van der Waals surface area contributed by atoms with Gasteiger partial charge in [0.15, 0.2) is 0 Å². The van der Waals surface area contributed by atoms with Crippen LogP contribution in [0.5, 0.6) is 5.75 Å². The van der Waals surface area contributed by atoms with Crippen molar-refractivity contribution in [3.63, 3.8) is 0 Å². The Morgan fingerprint density at radius 3 is 2.54 bits per heavy atom.